The van der Waals surface area contributed by atoms with Crippen LogP contribution in [-0.4, -0.2) is 14.4 Å². The van der Waals surface area contributed by atoms with E-state index in [4.69, 9.17) is 4.43 Å². The van der Waals surface area contributed by atoms with E-state index in [0.29, 0.717) is 28.8 Å². The second-order valence-corrected chi connectivity index (χ2v) is 18.9. The lowest BCUT2D eigenvalue weighted by atomic mass is 9.47. The Kier molecular flexibility index (Phi) is 7.23. The minimum Gasteiger partial charge on any atom is -0.415 e. The van der Waals surface area contributed by atoms with Crippen LogP contribution >= 0.6 is 0 Å². The summed E-state index contributed by atoms with van der Waals surface area (Å²) in [5, 5.41) is 0. The van der Waals surface area contributed by atoms with Crippen molar-refractivity contribution in [3.63, 3.8) is 0 Å². The van der Waals surface area contributed by atoms with Crippen LogP contribution in [0.15, 0.2) is 23.8 Å². The molecule has 4 rings (SSSR count). The summed E-state index contributed by atoms with van der Waals surface area (Å²) < 4.78 is 6.60. The topological polar surface area (TPSA) is 9.23 Å². The Labute approximate surface area is 207 Å². The van der Waals surface area contributed by atoms with Crippen molar-refractivity contribution in [1.82, 2.24) is 0 Å². The zero-order chi connectivity index (χ0) is 24.2. The van der Waals surface area contributed by atoms with E-state index >= 15 is 0 Å². The Bertz CT molecular complexity index is 759. The van der Waals surface area contributed by atoms with Gasteiger partial charge in [0.05, 0.1) is 0 Å². The van der Waals surface area contributed by atoms with Crippen molar-refractivity contribution in [1.29, 1.82) is 0 Å². The van der Waals surface area contributed by atoms with Crippen molar-refractivity contribution in [2.75, 3.05) is 0 Å². The van der Waals surface area contributed by atoms with E-state index < -0.39 is 8.32 Å². The van der Waals surface area contributed by atoms with E-state index in [2.05, 4.69) is 79.4 Å². The minimum atomic E-state index is -1.45. The van der Waals surface area contributed by atoms with E-state index in [1.165, 1.54) is 51.4 Å². The summed E-state index contributed by atoms with van der Waals surface area (Å²) in [6.45, 7) is 22.0. The Morgan fingerprint density at radius 1 is 0.909 bits per heavy atom. The molecule has 33 heavy (non-hydrogen) atoms. The quantitative estimate of drug-likeness (QED) is 0.277. The van der Waals surface area contributed by atoms with E-state index in [0.717, 1.165) is 29.6 Å². The molecule has 0 radical (unpaired) electrons. The molecule has 0 amide bonds. The van der Waals surface area contributed by atoms with Crippen molar-refractivity contribution >= 4 is 8.32 Å². The van der Waals surface area contributed by atoms with Gasteiger partial charge in [-0.15, -0.1) is 0 Å². The summed E-state index contributed by atoms with van der Waals surface area (Å²) in [4.78, 5) is 0. The number of hydrogen-bond acceptors (Lipinski definition) is 1. The fraction of sp³-hybridized carbons (Fsp3) is 0.871. The highest BCUT2D eigenvalue weighted by Crippen LogP contribution is 2.67. The standard InChI is InChI=1S/C31H54OSi/c1-21(2)22(3)10-11-23(4)27-14-15-28-26-13-12-24-20-25(32-33(7,8)9)16-18-30(24,5)29(26)17-19-31(27,28)6/h10-11,13,21-25,27-29H,12,14-20H2,1-9H3/b11-10+/t22-,23+,24?,25-,27+,28-,29-,30-,31+/m0/s1. The van der Waals surface area contributed by atoms with Gasteiger partial charge in [-0.1, -0.05) is 65.3 Å². The SMILES string of the molecule is CC(C)[C@@H](C)/C=C/[C@@H](C)[C@H]1CC[C@H]2C3=CCC4C[C@@H](O[Si](C)(C)C)CC[C@]4(C)[C@H]3CC[C@]12C. The average molecular weight is 471 g/mol. The molecule has 1 nitrogen and oxygen atoms in total. The molecule has 0 aromatic heterocycles. The maximum absolute atomic E-state index is 6.60. The van der Waals surface area contributed by atoms with Gasteiger partial charge in [0.1, 0.15) is 0 Å². The van der Waals surface area contributed by atoms with E-state index in [1.807, 2.05) is 5.57 Å². The minimum absolute atomic E-state index is 0.508. The lowest BCUT2D eigenvalue weighted by molar-refractivity contribution is -0.0369. The van der Waals surface area contributed by atoms with Crippen LogP contribution in [0.5, 0.6) is 0 Å². The number of hydrogen-bond donors (Lipinski definition) is 0. The van der Waals surface area contributed by atoms with Crippen LogP contribution in [0.25, 0.3) is 0 Å². The third kappa shape index (κ3) is 4.86. The highest BCUT2D eigenvalue weighted by molar-refractivity contribution is 6.69. The first-order valence-electron chi connectivity index (χ1n) is 14.4. The molecule has 0 aromatic carbocycles. The number of fused-ring (bicyclic) bond motifs is 5. The van der Waals surface area contributed by atoms with Gasteiger partial charge in [-0.3, -0.25) is 0 Å². The molecule has 0 bridgehead atoms. The van der Waals surface area contributed by atoms with Gasteiger partial charge in [0.15, 0.2) is 8.32 Å². The summed E-state index contributed by atoms with van der Waals surface area (Å²) in [6, 6.07) is 0. The van der Waals surface area contributed by atoms with Crippen molar-refractivity contribution in [2.45, 2.75) is 119 Å². The molecule has 2 heteroatoms. The molecule has 4 aliphatic carbocycles. The number of rotatable bonds is 6. The molecule has 1 unspecified atom stereocenters. The first-order chi connectivity index (χ1) is 15.3. The molecule has 0 N–H and O–H groups in total. The Morgan fingerprint density at radius 3 is 2.24 bits per heavy atom. The normalized spacial score (nSPS) is 43.1. The summed E-state index contributed by atoms with van der Waals surface area (Å²) in [7, 11) is -1.45. The molecule has 0 aliphatic heterocycles. The molecule has 0 saturated heterocycles. The van der Waals surface area contributed by atoms with Crippen molar-refractivity contribution in [3.05, 3.63) is 23.8 Å². The first-order valence-corrected chi connectivity index (χ1v) is 17.8. The Morgan fingerprint density at radius 2 is 1.58 bits per heavy atom. The lowest BCUT2D eigenvalue weighted by Crippen LogP contribution is -2.50. The van der Waals surface area contributed by atoms with E-state index in [1.54, 1.807) is 0 Å². The number of allylic oxidation sites excluding steroid dienone is 4. The molecule has 9 atom stereocenters. The van der Waals surface area contributed by atoms with Gasteiger partial charge in [0.2, 0.25) is 0 Å². The molecule has 3 saturated carbocycles. The predicted molar refractivity (Wildman–Crippen MR) is 146 cm³/mol. The van der Waals surface area contributed by atoms with Crippen LogP contribution in [0.3, 0.4) is 0 Å². The van der Waals surface area contributed by atoms with Gasteiger partial charge in [0.25, 0.3) is 0 Å². The van der Waals surface area contributed by atoms with Gasteiger partial charge >= 0.3 is 0 Å². The van der Waals surface area contributed by atoms with Crippen molar-refractivity contribution < 1.29 is 4.43 Å². The van der Waals surface area contributed by atoms with Crippen molar-refractivity contribution in [3.8, 4) is 0 Å². The first kappa shape index (κ1) is 25.7. The molecule has 3 fully saturated rings. The van der Waals surface area contributed by atoms with Gasteiger partial charge < -0.3 is 4.43 Å². The van der Waals surface area contributed by atoms with E-state index in [9.17, 15) is 0 Å². The second kappa shape index (κ2) is 9.27. The van der Waals surface area contributed by atoms with Crippen LogP contribution in [-0.2, 0) is 4.43 Å². The molecule has 0 spiro atoms. The van der Waals surface area contributed by atoms with Crippen LogP contribution in [0.4, 0.5) is 0 Å². The van der Waals surface area contributed by atoms with Gasteiger partial charge in [-0.2, -0.15) is 0 Å². The van der Waals surface area contributed by atoms with Gasteiger partial charge in [-0.25, -0.2) is 0 Å². The highest BCUT2D eigenvalue weighted by atomic mass is 28.4. The largest absolute Gasteiger partial charge is 0.415 e. The fourth-order valence-electron chi connectivity index (χ4n) is 8.69. The van der Waals surface area contributed by atoms with Crippen LogP contribution in [0.2, 0.25) is 19.6 Å². The highest BCUT2D eigenvalue weighted by Gasteiger charge is 2.58. The van der Waals surface area contributed by atoms with E-state index in [-0.39, 0.29) is 0 Å². The average Bonchev–Trinajstić information content (AvgIpc) is 3.08. The molecular formula is C31H54OSi. The second-order valence-electron chi connectivity index (χ2n) is 14.4. The summed E-state index contributed by atoms with van der Waals surface area (Å²) in [5.41, 5.74) is 2.93. The third-order valence-electron chi connectivity index (χ3n) is 11.0. The molecule has 188 valence electrons. The molecule has 0 heterocycles. The Balaban J connectivity index is 1.50. The zero-order valence-electron chi connectivity index (χ0n) is 23.4. The zero-order valence-corrected chi connectivity index (χ0v) is 24.4. The van der Waals surface area contributed by atoms with Gasteiger partial charge in [0, 0.05) is 6.10 Å². The van der Waals surface area contributed by atoms with Crippen molar-refractivity contribution in [2.24, 2.45) is 52.3 Å². The molecular weight excluding hydrogens is 416 g/mol. The lowest BCUT2D eigenvalue weighted by Gasteiger charge is -2.58. The van der Waals surface area contributed by atoms with Crippen LogP contribution < -0.4 is 0 Å². The van der Waals surface area contributed by atoms with Crippen LogP contribution in [0, 0.1) is 52.3 Å². The maximum atomic E-state index is 6.60. The van der Waals surface area contributed by atoms with Crippen LogP contribution in [0.1, 0.15) is 92.9 Å². The summed E-state index contributed by atoms with van der Waals surface area (Å²) in [6.07, 6.45) is 19.4. The monoisotopic (exact) mass is 470 g/mol. The predicted octanol–water partition coefficient (Wildman–Crippen LogP) is 9.27. The Hall–Kier alpha value is -0.343. The summed E-state index contributed by atoms with van der Waals surface area (Å²) in [5.74, 6) is 5.50. The molecule has 4 aliphatic rings. The summed E-state index contributed by atoms with van der Waals surface area (Å²) >= 11 is 0. The smallest absolute Gasteiger partial charge is 0.184 e. The van der Waals surface area contributed by atoms with Gasteiger partial charge in [-0.05, 0) is 123 Å². The fourth-order valence-corrected chi connectivity index (χ4v) is 9.91. The molecule has 0 aromatic rings. The maximum Gasteiger partial charge on any atom is 0.184 e. The third-order valence-corrected chi connectivity index (χ3v) is 12.1.